The third-order valence-electron chi connectivity index (χ3n) is 4.83. The molecule has 1 aliphatic heterocycles. The summed E-state index contributed by atoms with van der Waals surface area (Å²) >= 11 is 0. The van der Waals surface area contributed by atoms with Gasteiger partial charge in [0.25, 0.3) is 0 Å². The molecule has 1 aliphatic carbocycles. The quantitative estimate of drug-likeness (QED) is 0.802. The second-order valence-corrected chi connectivity index (χ2v) is 6.36. The lowest BCUT2D eigenvalue weighted by Gasteiger charge is -2.35. The number of hydrogen-bond donors (Lipinski definition) is 1. The van der Waals surface area contributed by atoms with Crippen molar-refractivity contribution < 1.29 is 4.74 Å². The highest BCUT2D eigenvalue weighted by atomic mass is 16.5. The Morgan fingerprint density at radius 2 is 1.94 bits per heavy atom. The Hall–Kier alpha value is -0.0800. The van der Waals surface area contributed by atoms with Gasteiger partial charge in [0.05, 0.1) is 6.10 Å². The molecule has 106 valence electrons. The summed E-state index contributed by atoms with van der Waals surface area (Å²) in [7, 11) is 0. The highest BCUT2D eigenvalue weighted by Crippen LogP contribution is 2.27. The predicted octanol–water partition coefficient (Wildman–Crippen LogP) is 3.89. The molecule has 0 aromatic rings. The van der Waals surface area contributed by atoms with Crippen LogP contribution in [0.4, 0.5) is 0 Å². The fourth-order valence-electron chi connectivity index (χ4n) is 3.70. The summed E-state index contributed by atoms with van der Waals surface area (Å²) in [6, 6.07) is 1.41. The molecule has 2 heteroatoms. The third kappa shape index (κ3) is 4.24. The molecule has 3 atom stereocenters. The zero-order valence-electron chi connectivity index (χ0n) is 12.3. The molecule has 3 unspecified atom stereocenters. The largest absolute Gasteiger partial charge is 0.378 e. The first-order chi connectivity index (χ1) is 8.79. The van der Waals surface area contributed by atoms with Crippen LogP contribution in [0.5, 0.6) is 0 Å². The van der Waals surface area contributed by atoms with Crippen LogP contribution in [0.2, 0.25) is 0 Å². The van der Waals surface area contributed by atoms with Crippen molar-refractivity contribution in [2.45, 2.75) is 89.8 Å². The Bertz CT molecular complexity index is 223. The van der Waals surface area contributed by atoms with Gasteiger partial charge in [-0.1, -0.05) is 32.6 Å². The van der Waals surface area contributed by atoms with E-state index in [1.165, 1.54) is 57.8 Å². The van der Waals surface area contributed by atoms with Crippen molar-refractivity contribution >= 4 is 0 Å². The van der Waals surface area contributed by atoms with E-state index in [4.69, 9.17) is 4.74 Å². The first-order valence-corrected chi connectivity index (χ1v) is 8.17. The summed E-state index contributed by atoms with van der Waals surface area (Å²) in [4.78, 5) is 0. The molecule has 0 radical (unpaired) electrons. The van der Waals surface area contributed by atoms with Gasteiger partial charge in [0.1, 0.15) is 0 Å². The van der Waals surface area contributed by atoms with Crippen molar-refractivity contribution in [2.75, 3.05) is 6.61 Å². The maximum Gasteiger partial charge on any atom is 0.0589 e. The molecule has 2 rings (SSSR count). The Kier molecular flexibility index (Phi) is 5.97. The number of nitrogens with one attached hydrogen (secondary N) is 1. The molecule has 0 bridgehead atoms. The van der Waals surface area contributed by atoms with Crippen LogP contribution >= 0.6 is 0 Å². The summed E-state index contributed by atoms with van der Waals surface area (Å²) in [5, 5.41) is 3.90. The molecule has 0 aromatic heterocycles. The van der Waals surface area contributed by atoms with Crippen molar-refractivity contribution in [1.82, 2.24) is 5.32 Å². The molecule has 2 fully saturated rings. The molecule has 2 nitrogen and oxygen atoms in total. The van der Waals surface area contributed by atoms with Crippen LogP contribution in [-0.4, -0.2) is 24.8 Å². The van der Waals surface area contributed by atoms with Crippen LogP contribution < -0.4 is 5.32 Å². The topological polar surface area (TPSA) is 21.3 Å². The lowest BCUT2D eigenvalue weighted by molar-refractivity contribution is -0.00628. The van der Waals surface area contributed by atoms with Gasteiger partial charge in [-0.15, -0.1) is 0 Å². The molecule has 0 aromatic carbocycles. The van der Waals surface area contributed by atoms with E-state index in [0.717, 1.165) is 12.5 Å². The van der Waals surface area contributed by atoms with Gasteiger partial charge in [0, 0.05) is 18.7 Å². The normalized spacial score (nSPS) is 32.3. The van der Waals surface area contributed by atoms with E-state index in [9.17, 15) is 0 Å². The lowest BCUT2D eigenvalue weighted by Crippen LogP contribution is -2.46. The van der Waals surface area contributed by atoms with Crippen LogP contribution in [0, 0.1) is 5.92 Å². The molecular formula is C16H31NO. The van der Waals surface area contributed by atoms with E-state index in [1.54, 1.807) is 0 Å². The Balaban J connectivity index is 1.73. The van der Waals surface area contributed by atoms with Crippen molar-refractivity contribution in [3.05, 3.63) is 0 Å². The zero-order valence-corrected chi connectivity index (χ0v) is 12.3. The zero-order chi connectivity index (χ0) is 12.8. The van der Waals surface area contributed by atoms with Gasteiger partial charge < -0.3 is 10.1 Å². The van der Waals surface area contributed by atoms with E-state index < -0.39 is 0 Å². The minimum Gasteiger partial charge on any atom is -0.378 e. The Labute approximate surface area is 113 Å². The summed E-state index contributed by atoms with van der Waals surface area (Å²) in [6.45, 7) is 5.62. The molecular weight excluding hydrogens is 222 g/mol. The highest BCUT2D eigenvalue weighted by molar-refractivity contribution is 4.83. The first-order valence-electron chi connectivity index (χ1n) is 8.17. The molecule has 0 amide bonds. The monoisotopic (exact) mass is 253 g/mol. The SMILES string of the molecule is CCCC1CC(NC(C)C2CCCCC2)CCO1. The van der Waals surface area contributed by atoms with Crippen LogP contribution in [0.25, 0.3) is 0 Å². The summed E-state index contributed by atoms with van der Waals surface area (Å²) in [5.41, 5.74) is 0. The number of ether oxygens (including phenoxy) is 1. The van der Waals surface area contributed by atoms with E-state index in [1.807, 2.05) is 0 Å². The van der Waals surface area contributed by atoms with Crippen LogP contribution in [0.1, 0.15) is 71.6 Å². The van der Waals surface area contributed by atoms with Gasteiger partial charge >= 0.3 is 0 Å². The van der Waals surface area contributed by atoms with Crippen LogP contribution in [-0.2, 0) is 4.74 Å². The van der Waals surface area contributed by atoms with E-state index in [0.29, 0.717) is 18.2 Å². The van der Waals surface area contributed by atoms with Crippen molar-refractivity contribution in [1.29, 1.82) is 0 Å². The lowest BCUT2D eigenvalue weighted by atomic mass is 9.84. The Morgan fingerprint density at radius 3 is 2.67 bits per heavy atom. The second-order valence-electron chi connectivity index (χ2n) is 6.36. The maximum absolute atomic E-state index is 5.84. The third-order valence-corrected chi connectivity index (χ3v) is 4.83. The predicted molar refractivity (Wildman–Crippen MR) is 76.8 cm³/mol. The molecule has 0 spiro atoms. The van der Waals surface area contributed by atoms with Crippen LogP contribution in [0.3, 0.4) is 0 Å². The first kappa shape index (κ1) is 14.3. The van der Waals surface area contributed by atoms with E-state index in [-0.39, 0.29) is 0 Å². The highest BCUT2D eigenvalue weighted by Gasteiger charge is 2.26. The summed E-state index contributed by atoms with van der Waals surface area (Å²) in [5.74, 6) is 0.922. The van der Waals surface area contributed by atoms with E-state index >= 15 is 0 Å². The van der Waals surface area contributed by atoms with Gasteiger partial charge in [-0.2, -0.15) is 0 Å². The van der Waals surface area contributed by atoms with Crippen molar-refractivity contribution in [3.8, 4) is 0 Å². The minimum absolute atomic E-state index is 0.514. The second kappa shape index (κ2) is 7.49. The van der Waals surface area contributed by atoms with Gasteiger partial charge in [-0.25, -0.2) is 0 Å². The summed E-state index contributed by atoms with van der Waals surface area (Å²) < 4.78 is 5.84. The molecule has 1 saturated carbocycles. The fraction of sp³-hybridized carbons (Fsp3) is 1.00. The van der Waals surface area contributed by atoms with Gasteiger partial charge in [0.15, 0.2) is 0 Å². The van der Waals surface area contributed by atoms with Gasteiger partial charge in [0.2, 0.25) is 0 Å². The summed E-state index contributed by atoms with van der Waals surface area (Å²) in [6.07, 6.45) is 12.7. The number of hydrogen-bond acceptors (Lipinski definition) is 2. The fourth-order valence-corrected chi connectivity index (χ4v) is 3.70. The molecule has 1 N–H and O–H groups in total. The number of rotatable bonds is 5. The molecule has 1 saturated heterocycles. The van der Waals surface area contributed by atoms with Crippen LogP contribution in [0.15, 0.2) is 0 Å². The average molecular weight is 253 g/mol. The molecule has 1 heterocycles. The minimum atomic E-state index is 0.514. The molecule has 18 heavy (non-hydrogen) atoms. The average Bonchev–Trinajstić information content (AvgIpc) is 2.40. The standard InChI is InChI=1S/C16H31NO/c1-3-7-16-12-15(10-11-18-16)17-13(2)14-8-5-4-6-9-14/h13-17H,3-12H2,1-2H3. The van der Waals surface area contributed by atoms with Gasteiger partial charge in [-0.3, -0.25) is 0 Å². The van der Waals surface area contributed by atoms with E-state index in [2.05, 4.69) is 19.2 Å². The maximum atomic E-state index is 5.84. The van der Waals surface area contributed by atoms with Crippen molar-refractivity contribution in [2.24, 2.45) is 5.92 Å². The van der Waals surface area contributed by atoms with Gasteiger partial charge in [-0.05, 0) is 44.9 Å². The Morgan fingerprint density at radius 1 is 1.17 bits per heavy atom. The molecule has 2 aliphatic rings. The van der Waals surface area contributed by atoms with Crippen molar-refractivity contribution in [3.63, 3.8) is 0 Å². The smallest absolute Gasteiger partial charge is 0.0589 e.